The maximum Gasteiger partial charge on any atom is 0.310 e. The highest BCUT2D eigenvalue weighted by molar-refractivity contribution is 5.95. The van der Waals surface area contributed by atoms with Gasteiger partial charge in [-0.3, -0.25) is 9.59 Å². The van der Waals surface area contributed by atoms with E-state index in [1.807, 2.05) is 13.0 Å². The van der Waals surface area contributed by atoms with E-state index in [9.17, 15) is 9.59 Å². The number of hydrogen-bond donors (Lipinski definition) is 1. The van der Waals surface area contributed by atoms with E-state index in [0.29, 0.717) is 0 Å². The lowest BCUT2D eigenvalue weighted by Gasteiger charge is -1.89. The van der Waals surface area contributed by atoms with Crippen molar-refractivity contribution in [1.29, 1.82) is 0 Å². The van der Waals surface area contributed by atoms with Crippen molar-refractivity contribution in [3.63, 3.8) is 0 Å². The number of carbonyl (C=O) groups excluding carboxylic acids is 1. The summed E-state index contributed by atoms with van der Waals surface area (Å²) in [4.78, 5) is 20.7. The predicted molar refractivity (Wildman–Crippen MR) is 41.3 cm³/mol. The minimum atomic E-state index is -1.06. The van der Waals surface area contributed by atoms with E-state index in [-0.39, 0.29) is 18.6 Å². The van der Waals surface area contributed by atoms with Crippen LogP contribution in [0.4, 0.5) is 0 Å². The minimum absolute atomic E-state index is 0.236. The van der Waals surface area contributed by atoms with Crippen LogP contribution < -0.4 is 0 Å². The van der Waals surface area contributed by atoms with Crippen molar-refractivity contribution in [1.82, 2.24) is 0 Å². The molecule has 0 radical (unpaired) electrons. The van der Waals surface area contributed by atoms with Gasteiger partial charge >= 0.3 is 5.97 Å². The molecule has 0 unspecified atom stereocenters. The Balaban J connectivity index is 3.53. The summed E-state index contributed by atoms with van der Waals surface area (Å²) in [6, 6.07) is 0. The molecule has 0 atom stereocenters. The first kappa shape index (κ1) is 9.88. The fraction of sp³-hybridized carbons (Fsp3) is 0.500. The molecule has 3 nitrogen and oxygen atoms in total. The van der Waals surface area contributed by atoms with Crippen molar-refractivity contribution in [2.75, 3.05) is 0 Å². The first-order valence-corrected chi connectivity index (χ1v) is 3.55. The Kier molecular flexibility index (Phi) is 5.07. The quantitative estimate of drug-likeness (QED) is 0.483. The predicted octanol–water partition coefficient (Wildman–Crippen LogP) is 1.39. The second-order valence-corrected chi connectivity index (χ2v) is 2.19. The normalized spacial score (nSPS) is 10.3. The Hall–Kier alpha value is -1.12. The fourth-order valence-corrected chi connectivity index (χ4v) is 0.622. The van der Waals surface area contributed by atoms with E-state index in [1.165, 1.54) is 0 Å². The van der Waals surface area contributed by atoms with E-state index < -0.39 is 5.97 Å². The summed E-state index contributed by atoms with van der Waals surface area (Å²) < 4.78 is 0. The fourth-order valence-electron chi connectivity index (χ4n) is 0.622. The van der Waals surface area contributed by atoms with Gasteiger partial charge in [-0.05, 0) is 6.42 Å². The standard InChI is InChI=1S/C8H12O3/c1-2-3-4-5-7(9)6-8(10)11/h3-4H,2,5-6H2,1H3,(H,10,11)/b4-3-. The second kappa shape index (κ2) is 5.65. The second-order valence-electron chi connectivity index (χ2n) is 2.19. The third-order valence-corrected chi connectivity index (χ3v) is 1.10. The van der Waals surface area contributed by atoms with Gasteiger partial charge in [0, 0.05) is 6.42 Å². The minimum Gasteiger partial charge on any atom is -0.481 e. The van der Waals surface area contributed by atoms with Crippen molar-refractivity contribution in [2.45, 2.75) is 26.2 Å². The number of carboxylic acid groups (broad SMARTS) is 1. The lowest BCUT2D eigenvalue weighted by molar-refractivity contribution is -0.140. The molecule has 0 heterocycles. The van der Waals surface area contributed by atoms with Crippen molar-refractivity contribution in [3.05, 3.63) is 12.2 Å². The van der Waals surface area contributed by atoms with Gasteiger partial charge in [-0.25, -0.2) is 0 Å². The molecule has 0 fully saturated rings. The van der Waals surface area contributed by atoms with Crippen LogP contribution in [0, 0.1) is 0 Å². The summed E-state index contributed by atoms with van der Waals surface area (Å²) in [5, 5.41) is 8.20. The highest BCUT2D eigenvalue weighted by Gasteiger charge is 2.04. The monoisotopic (exact) mass is 156 g/mol. The van der Waals surface area contributed by atoms with Crippen LogP contribution in [0.2, 0.25) is 0 Å². The molecule has 0 bridgehead atoms. The van der Waals surface area contributed by atoms with E-state index in [1.54, 1.807) is 6.08 Å². The summed E-state index contributed by atoms with van der Waals surface area (Å²) in [6.07, 6.45) is 4.29. The Morgan fingerprint density at radius 2 is 2.00 bits per heavy atom. The van der Waals surface area contributed by atoms with Gasteiger partial charge in [0.2, 0.25) is 0 Å². The summed E-state index contributed by atoms with van der Waals surface area (Å²) in [5.41, 5.74) is 0. The van der Waals surface area contributed by atoms with Gasteiger partial charge in [-0.15, -0.1) is 0 Å². The van der Waals surface area contributed by atoms with Gasteiger partial charge in [0.15, 0.2) is 0 Å². The summed E-state index contributed by atoms with van der Waals surface area (Å²) in [5.74, 6) is -1.30. The van der Waals surface area contributed by atoms with Gasteiger partial charge in [-0.2, -0.15) is 0 Å². The third-order valence-electron chi connectivity index (χ3n) is 1.10. The molecule has 0 rings (SSSR count). The van der Waals surface area contributed by atoms with Crippen LogP contribution in [-0.4, -0.2) is 16.9 Å². The van der Waals surface area contributed by atoms with Crippen molar-refractivity contribution < 1.29 is 14.7 Å². The van der Waals surface area contributed by atoms with Gasteiger partial charge in [0.1, 0.15) is 12.2 Å². The molecular weight excluding hydrogens is 144 g/mol. The highest BCUT2D eigenvalue weighted by atomic mass is 16.4. The van der Waals surface area contributed by atoms with Crippen LogP contribution >= 0.6 is 0 Å². The molecule has 3 heteroatoms. The molecule has 0 aromatic rings. The van der Waals surface area contributed by atoms with E-state index >= 15 is 0 Å². The maximum atomic E-state index is 10.7. The molecule has 0 amide bonds. The molecule has 11 heavy (non-hydrogen) atoms. The van der Waals surface area contributed by atoms with Gasteiger partial charge in [-0.1, -0.05) is 19.1 Å². The molecule has 1 N–H and O–H groups in total. The third kappa shape index (κ3) is 6.77. The maximum absolute atomic E-state index is 10.7. The van der Waals surface area contributed by atoms with Crippen LogP contribution in [0.5, 0.6) is 0 Å². The van der Waals surface area contributed by atoms with Gasteiger partial charge < -0.3 is 5.11 Å². The van der Waals surface area contributed by atoms with Crippen molar-refractivity contribution >= 4 is 11.8 Å². The summed E-state index contributed by atoms with van der Waals surface area (Å²) in [7, 11) is 0. The molecule has 0 aromatic carbocycles. The number of allylic oxidation sites excluding steroid dienone is 2. The molecule has 0 saturated heterocycles. The first-order chi connectivity index (χ1) is 5.16. The zero-order valence-electron chi connectivity index (χ0n) is 6.54. The highest BCUT2D eigenvalue weighted by Crippen LogP contribution is 1.92. The molecule has 62 valence electrons. The lowest BCUT2D eigenvalue weighted by Crippen LogP contribution is -2.04. The molecule has 0 aromatic heterocycles. The average molecular weight is 156 g/mol. The first-order valence-electron chi connectivity index (χ1n) is 3.55. The van der Waals surface area contributed by atoms with Crippen molar-refractivity contribution in [2.24, 2.45) is 0 Å². The number of carbonyl (C=O) groups is 2. The zero-order valence-corrected chi connectivity index (χ0v) is 6.54. The molecular formula is C8H12O3. The number of Topliss-reactive ketones (excluding diaryl/α,β-unsaturated/α-hetero) is 1. The smallest absolute Gasteiger partial charge is 0.310 e. The topological polar surface area (TPSA) is 54.4 Å². The van der Waals surface area contributed by atoms with Crippen LogP contribution in [0.15, 0.2) is 12.2 Å². The Labute approximate surface area is 65.7 Å². The van der Waals surface area contributed by atoms with E-state index in [2.05, 4.69) is 0 Å². The summed E-state index contributed by atoms with van der Waals surface area (Å²) in [6.45, 7) is 1.96. The molecule has 0 aliphatic heterocycles. The number of hydrogen-bond acceptors (Lipinski definition) is 2. The summed E-state index contributed by atoms with van der Waals surface area (Å²) >= 11 is 0. The number of ketones is 1. The van der Waals surface area contributed by atoms with Crippen LogP contribution in [0.1, 0.15) is 26.2 Å². The number of aliphatic carboxylic acids is 1. The SMILES string of the molecule is CC/C=C\CC(=O)CC(=O)O. The van der Waals surface area contributed by atoms with Crippen LogP contribution in [-0.2, 0) is 9.59 Å². The molecule has 0 saturated carbocycles. The zero-order chi connectivity index (χ0) is 8.69. The Bertz CT molecular complexity index is 170. The molecule has 0 aliphatic carbocycles. The van der Waals surface area contributed by atoms with Gasteiger partial charge in [0.25, 0.3) is 0 Å². The Morgan fingerprint density at radius 1 is 1.36 bits per heavy atom. The van der Waals surface area contributed by atoms with Gasteiger partial charge in [0.05, 0.1) is 0 Å². The van der Waals surface area contributed by atoms with Crippen LogP contribution in [0.3, 0.4) is 0 Å². The van der Waals surface area contributed by atoms with Crippen LogP contribution in [0.25, 0.3) is 0 Å². The largest absolute Gasteiger partial charge is 0.481 e. The van der Waals surface area contributed by atoms with E-state index in [0.717, 1.165) is 6.42 Å². The lowest BCUT2D eigenvalue weighted by atomic mass is 10.2. The molecule has 0 spiro atoms. The van der Waals surface area contributed by atoms with Crippen molar-refractivity contribution in [3.8, 4) is 0 Å². The molecule has 0 aliphatic rings. The Morgan fingerprint density at radius 3 is 2.45 bits per heavy atom. The number of rotatable bonds is 5. The van der Waals surface area contributed by atoms with E-state index in [4.69, 9.17) is 5.11 Å². The number of carboxylic acids is 1. The average Bonchev–Trinajstić information content (AvgIpc) is 1.86.